The molecule has 2 unspecified atom stereocenters. The fourth-order valence-corrected chi connectivity index (χ4v) is 2.60. The summed E-state index contributed by atoms with van der Waals surface area (Å²) in [4.78, 5) is 35.5. The molecule has 2 rings (SSSR count). The number of carboxylic acid groups (broad SMARTS) is 1. The molecule has 0 aliphatic heterocycles. The minimum atomic E-state index is -1.05. The largest absolute Gasteiger partial charge is 0.480 e. The number of carbonyl (C=O) groups is 3. The van der Waals surface area contributed by atoms with Gasteiger partial charge in [0.2, 0.25) is 5.91 Å². The van der Waals surface area contributed by atoms with Gasteiger partial charge < -0.3 is 15.7 Å². The van der Waals surface area contributed by atoms with Crippen molar-refractivity contribution in [2.24, 2.45) is 17.8 Å². The molecule has 1 aliphatic carbocycles. The summed E-state index contributed by atoms with van der Waals surface area (Å²) < 4.78 is 0. The maximum atomic E-state index is 12.3. The molecule has 0 saturated heterocycles. The van der Waals surface area contributed by atoms with Crippen LogP contribution in [0.1, 0.15) is 44.0 Å². The lowest BCUT2D eigenvalue weighted by molar-refractivity contribution is -0.139. The van der Waals surface area contributed by atoms with Crippen molar-refractivity contribution in [2.75, 3.05) is 5.32 Å². The van der Waals surface area contributed by atoms with E-state index in [0.717, 1.165) is 6.42 Å². The average Bonchev–Trinajstić information content (AvgIpc) is 3.23. The van der Waals surface area contributed by atoms with Crippen LogP contribution in [0.15, 0.2) is 24.3 Å². The van der Waals surface area contributed by atoms with Crippen LogP contribution in [-0.2, 0) is 9.59 Å². The first kappa shape index (κ1) is 18.0. The Morgan fingerprint density at radius 2 is 1.96 bits per heavy atom. The standard InChI is InChI=1S/C18H24N2O4/c1-10(2)7-15(18(23)24)20-16(21)12-5-4-6-13(9-12)19-17(22)14-8-11(14)3/h4-6,9-11,14-15H,7-8H2,1-3H3,(H,19,22)(H,20,21)(H,23,24)/t11?,14?,15-/m1/s1. The van der Waals surface area contributed by atoms with Gasteiger partial charge in [-0.2, -0.15) is 0 Å². The van der Waals surface area contributed by atoms with Gasteiger partial charge in [-0.25, -0.2) is 4.79 Å². The smallest absolute Gasteiger partial charge is 0.326 e. The van der Waals surface area contributed by atoms with Crippen LogP contribution in [0.25, 0.3) is 0 Å². The summed E-state index contributed by atoms with van der Waals surface area (Å²) in [5.41, 5.74) is 0.870. The molecule has 1 aromatic carbocycles. The molecule has 2 amide bonds. The summed E-state index contributed by atoms with van der Waals surface area (Å²) in [6, 6.07) is 5.61. The molecule has 1 fully saturated rings. The molecular formula is C18H24N2O4. The predicted molar refractivity (Wildman–Crippen MR) is 90.7 cm³/mol. The van der Waals surface area contributed by atoms with Crippen LogP contribution in [0.3, 0.4) is 0 Å². The first-order chi connectivity index (χ1) is 11.3. The van der Waals surface area contributed by atoms with Crippen molar-refractivity contribution in [3.63, 3.8) is 0 Å². The van der Waals surface area contributed by atoms with E-state index < -0.39 is 17.9 Å². The predicted octanol–water partition coefficient (Wildman–Crippen LogP) is 2.51. The fraction of sp³-hybridized carbons (Fsp3) is 0.500. The maximum Gasteiger partial charge on any atom is 0.326 e. The van der Waals surface area contributed by atoms with Crippen molar-refractivity contribution >= 4 is 23.5 Å². The van der Waals surface area contributed by atoms with Gasteiger partial charge in [0.15, 0.2) is 0 Å². The maximum absolute atomic E-state index is 12.3. The van der Waals surface area contributed by atoms with E-state index in [1.54, 1.807) is 24.3 Å². The zero-order valence-electron chi connectivity index (χ0n) is 14.2. The zero-order valence-corrected chi connectivity index (χ0v) is 14.2. The molecular weight excluding hydrogens is 308 g/mol. The second kappa shape index (κ2) is 7.47. The summed E-state index contributed by atoms with van der Waals surface area (Å²) in [5, 5.41) is 14.6. The van der Waals surface area contributed by atoms with E-state index in [4.69, 9.17) is 0 Å². The van der Waals surface area contributed by atoms with Gasteiger partial charge in [0.05, 0.1) is 0 Å². The van der Waals surface area contributed by atoms with Crippen LogP contribution in [0.4, 0.5) is 5.69 Å². The van der Waals surface area contributed by atoms with E-state index in [9.17, 15) is 19.5 Å². The topological polar surface area (TPSA) is 95.5 Å². The quantitative estimate of drug-likeness (QED) is 0.715. The average molecular weight is 332 g/mol. The Bertz CT molecular complexity index is 642. The minimum Gasteiger partial charge on any atom is -0.480 e. The van der Waals surface area contributed by atoms with Gasteiger partial charge in [-0.1, -0.05) is 26.8 Å². The second-order valence-electron chi connectivity index (χ2n) is 6.88. The highest BCUT2D eigenvalue weighted by atomic mass is 16.4. The van der Waals surface area contributed by atoms with Gasteiger partial charge in [0, 0.05) is 17.2 Å². The number of nitrogens with one attached hydrogen (secondary N) is 2. The van der Waals surface area contributed by atoms with Crippen LogP contribution in [0, 0.1) is 17.8 Å². The Morgan fingerprint density at radius 3 is 2.50 bits per heavy atom. The van der Waals surface area contributed by atoms with Gasteiger partial charge in [-0.3, -0.25) is 9.59 Å². The van der Waals surface area contributed by atoms with E-state index in [0.29, 0.717) is 23.6 Å². The molecule has 130 valence electrons. The van der Waals surface area contributed by atoms with Crippen molar-refractivity contribution < 1.29 is 19.5 Å². The fourth-order valence-electron chi connectivity index (χ4n) is 2.60. The van der Waals surface area contributed by atoms with Crippen molar-refractivity contribution in [2.45, 2.75) is 39.7 Å². The van der Waals surface area contributed by atoms with Gasteiger partial charge in [0.25, 0.3) is 5.91 Å². The molecule has 3 atom stereocenters. The normalized spacial score (nSPS) is 20.3. The van der Waals surface area contributed by atoms with Gasteiger partial charge in [-0.15, -0.1) is 0 Å². The molecule has 0 spiro atoms. The van der Waals surface area contributed by atoms with E-state index in [1.165, 1.54) is 0 Å². The van der Waals surface area contributed by atoms with Gasteiger partial charge >= 0.3 is 5.97 Å². The third-order valence-corrected chi connectivity index (χ3v) is 4.15. The highest BCUT2D eigenvalue weighted by Crippen LogP contribution is 2.38. The first-order valence-corrected chi connectivity index (χ1v) is 8.22. The second-order valence-corrected chi connectivity index (χ2v) is 6.88. The molecule has 0 aromatic heterocycles. The van der Waals surface area contributed by atoms with Crippen LogP contribution in [-0.4, -0.2) is 28.9 Å². The third kappa shape index (κ3) is 4.81. The van der Waals surface area contributed by atoms with Gasteiger partial charge in [0.1, 0.15) is 6.04 Å². The van der Waals surface area contributed by atoms with Crippen LogP contribution in [0.2, 0.25) is 0 Å². The molecule has 0 bridgehead atoms. The molecule has 3 N–H and O–H groups in total. The zero-order chi connectivity index (χ0) is 17.9. The number of carbonyl (C=O) groups excluding carboxylic acids is 2. The van der Waals surface area contributed by atoms with E-state index in [2.05, 4.69) is 10.6 Å². The number of hydrogen-bond acceptors (Lipinski definition) is 3. The van der Waals surface area contributed by atoms with Crippen molar-refractivity contribution in [1.29, 1.82) is 0 Å². The monoisotopic (exact) mass is 332 g/mol. The lowest BCUT2D eigenvalue weighted by Crippen LogP contribution is -2.41. The number of hydrogen-bond donors (Lipinski definition) is 3. The third-order valence-electron chi connectivity index (χ3n) is 4.15. The molecule has 1 aliphatic rings. The summed E-state index contributed by atoms with van der Waals surface area (Å²) in [6.07, 6.45) is 1.25. The minimum absolute atomic E-state index is 0.0386. The van der Waals surface area contributed by atoms with Crippen LogP contribution in [0.5, 0.6) is 0 Å². The molecule has 24 heavy (non-hydrogen) atoms. The Balaban J connectivity index is 2.02. The van der Waals surface area contributed by atoms with Crippen molar-refractivity contribution in [3.8, 4) is 0 Å². The highest BCUT2D eigenvalue weighted by molar-refractivity contribution is 5.99. The Labute approximate surface area is 141 Å². The van der Waals surface area contributed by atoms with Crippen molar-refractivity contribution in [3.05, 3.63) is 29.8 Å². The van der Waals surface area contributed by atoms with E-state index >= 15 is 0 Å². The molecule has 1 aromatic rings. The number of rotatable bonds is 7. The lowest BCUT2D eigenvalue weighted by Gasteiger charge is -2.16. The summed E-state index contributed by atoms with van der Waals surface area (Å²) in [7, 11) is 0. The molecule has 6 nitrogen and oxygen atoms in total. The lowest BCUT2D eigenvalue weighted by atomic mass is 10.0. The number of anilines is 1. The summed E-state index contributed by atoms with van der Waals surface area (Å²) in [5.74, 6) is -0.947. The van der Waals surface area contributed by atoms with E-state index in [1.807, 2.05) is 20.8 Å². The molecule has 0 radical (unpaired) electrons. The Hall–Kier alpha value is -2.37. The number of aliphatic carboxylic acids is 1. The first-order valence-electron chi connectivity index (χ1n) is 8.22. The Kier molecular flexibility index (Phi) is 5.59. The highest BCUT2D eigenvalue weighted by Gasteiger charge is 2.39. The van der Waals surface area contributed by atoms with E-state index in [-0.39, 0.29) is 17.7 Å². The molecule has 6 heteroatoms. The summed E-state index contributed by atoms with van der Waals surface area (Å²) in [6.45, 7) is 5.82. The SMILES string of the molecule is CC(C)C[C@@H](NC(=O)c1cccc(NC(=O)C2CC2C)c1)C(=O)O. The van der Waals surface area contributed by atoms with Crippen molar-refractivity contribution in [1.82, 2.24) is 5.32 Å². The van der Waals surface area contributed by atoms with Gasteiger partial charge in [-0.05, 0) is 42.9 Å². The van der Waals surface area contributed by atoms with Crippen LogP contribution < -0.4 is 10.6 Å². The Morgan fingerprint density at radius 1 is 1.29 bits per heavy atom. The molecule has 0 heterocycles. The van der Waals surface area contributed by atoms with Crippen LogP contribution >= 0.6 is 0 Å². The summed E-state index contributed by atoms with van der Waals surface area (Å²) >= 11 is 0. The molecule has 1 saturated carbocycles. The number of benzene rings is 1. The number of carboxylic acids is 1. The number of amides is 2.